The van der Waals surface area contributed by atoms with Gasteiger partial charge in [0.05, 0.1) is 4.92 Å². The molecule has 84 valence electrons. The van der Waals surface area contributed by atoms with Crippen LogP contribution in [0.25, 0.3) is 0 Å². The Balaban J connectivity index is 2.23. The average Bonchev–Trinajstić information content (AvgIpc) is 2.96. The van der Waals surface area contributed by atoms with Crippen LogP contribution in [-0.2, 0) is 12.8 Å². The van der Waals surface area contributed by atoms with Crippen LogP contribution in [0.1, 0.15) is 47.4 Å². The van der Waals surface area contributed by atoms with Gasteiger partial charge in [-0.05, 0) is 56.1 Å². The van der Waals surface area contributed by atoms with Gasteiger partial charge in [-0.1, -0.05) is 6.07 Å². The fourth-order valence-electron chi connectivity index (χ4n) is 2.92. The third kappa shape index (κ3) is 1.34. The number of hydrogen-bond donors (Lipinski definition) is 0. The molecule has 2 aliphatic rings. The molecule has 0 atom stereocenters. The molecule has 16 heavy (non-hydrogen) atoms. The highest BCUT2D eigenvalue weighted by atomic mass is 16.6. The summed E-state index contributed by atoms with van der Waals surface area (Å²) >= 11 is 0. The lowest BCUT2D eigenvalue weighted by Crippen LogP contribution is -2.01. The Labute approximate surface area is 94.6 Å². The number of nitro groups is 1. The van der Waals surface area contributed by atoms with Gasteiger partial charge in [0.15, 0.2) is 0 Å². The molecule has 1 saturated carbocycles. The van der Waals surface area contributed by atoms with Crippen molar-refractivity contribution in [3.63, 3.8) is 0 Å². The number of nitro benzene ring substituents is 1. The first kappa shape index (κ1) is 9.82. The molecule has 0 amide bonds. The fraction of sp³-hybridized carbons (Fsp3) is 0.538. The zero-order chi connectivity index (χ0) is 11.3. The lowest BCUT2D eigenvalue weighted by Gasteiger charge is -2.10. The molecule has 0 saturated heterocycles. The van der Waals surface area contributed by atoms with Crippen molar-refractivity contribution < 1.29 is 4.92 Å². The molecular weight excluding hydrogens is 202 g/mol. The van der Waals surface area contributed by atoms with E-state index in [9.17, 15) is 10.1 Å². The summed E-state index contributed by atoms with van der Waals surface area (Å²) in [4.78, 5) is 11.0. The van der Waals surface area contributed by atoms with E-state index in [0.29, 0.717) is 11.6 Å². The van der Waals surface area contributed by atoms with E-state index in [-0.39, 0.29) is 4.92 Å². The molecule has 2 aliphatic carbocycles. The van der Waals surface area contributed by atoms with Gasteiger partial charge in [-0.2, -0.15) is 0 Å². The lowest BCUT2D eigenvalue weighted by atomic mass is 9.95. The SMILES string of the molecule is Cc1c(C2CC2)cc2c(c1[N+](=O)[O-])CCC2. The Morgan fingerprint density at radius 3 is 2.75 bits per heavy atom. The van der Waals surface area contributed by atoms with Crippen molar-refractivity contribution >= 4 is 5.69 Å². The number of benzene rings is 1. The molecule has 3 nitrogen and oxygen atoms in total. The molecule has 0 aromatic heterocycles. The molecule has 3 heteroatoms. The summed E-state index contributed by atoms with van der Waals surface area (Å²) in [6.07, 6.45) is 5.39. The first-order valence-electron chi connectivity index (χ1n) is 5.98. The van der Waals surface area contributed by atoms with E-state index in [2.05, 4.69) is 6.07 Å². The Morgan fingerprint density at radius 1 is 1.38 bits per heavy atom. The second-order valence-electron chi connectivity index (χ2n) is 4.96. The molecule has 1 fully saturated rings. The number of hydrogen-bond acceptors (Lipinski definition) is 2. The Kier molecular flexibility index (Phi) is 2.03. The smallest absolute Gasteiger partial charge is 0.258 e. The monoisotopic (exact) mass is 217 g/mol. The van der Waals surface area contributed by atoms with E-state index in [1.165, 1.54) is 24.0 Å². The van der Waals surface area contributed by atoms with Gasteiger partial charge in [-0.25, -0.2) is 0 Å². The molecular formula is C13H15NO2. The third-order valence-electron chi connectivity index (χ3n) is 3.86. The van der Waals surface area contributed by atoms with Crippen LogP contribution < -0.4 is 0 Å². The first-order valence-corrected chi connectivity index (χ1v) is 5.98. The van der Waals surface area contributed by atoms with Crippen molar-refractivity contribution in [2.45, 2.75) is 44.9 Å². The minimum Gasteiger partial charge on any atom is -0.258 e. The highest BCUT2D eigenvalue weighted by Crippen LogP contribution is 2.46. The van der Waals surface area contributed by atoms with Crippen LogP contribution in [0.15, 0.2) is 6.07 Å². The van der Waals surface area contributed by atoms with Gasteiger partial charge in [0.2, 0.25) is 0 Å². The Bertz CT molecular complexity index is 475. The van der Waals surface area contributed by atoms with Gasteiger partial charge >= 0.3 is 0 Å². The van der Waals surface area contributed by atoms with Crippen molar-refractivity contribution in [3.8, 4) is 0 Å². The minimum atomic E-state index is -0.175. The summed E-state index contributed by atoms with van der Waals surface area (Å²) in [5, 5.41) is 11.2. The maximum Gasteiger partial charge on any atom is 0.276 e. The second kappa shape index (κ2) is 3.30. The highest BCUT2D eigenvalue weighted by Gasteiger charge is 2.32. The number of fused-ring (bicyclic) bond motifs is 1. The largest absolute Gasteiger partial charge is 0.276 e. The molecule has 0 heterocycles. The van der Waals surface area contributed by atoms with Crippen molar-refractivity contribution in [1.29, 1.82) is 0 Å². The fourth-order valence-corrected chi connectivity index (χ4v) is 2.92. The van der Waals surface area contributed by atoms with Gasteiger partial charge in [0.1, 0.15) is 0 Å². The molecule has 0 aliphatic heterocycles. The van der Waals surface area contributed by atoms with E-state index in [1.807, 2.05) is 6.92 Å². The zero-order valence-electron chi connectivity index (χ0n) is 9.45. The summed E-state index contributed by atoms with van der Waals surface area (Å²) < 4.78 is 0. The minimum absolute atomic E-state index is 0.175. The molecule has 0 spiro atoms. The van der Waals surface area contributed by atoms with Crippen LogP contribution in [0.5, 0.6) is 0 Å². The summed E-state index contributed by atoms with van der Waals surface area (Å²) in [5.41, 5.74) is 4.82. The van der Waals surface area contributed by atoms with Gasteiger partial charge in [-0.15, -0.1) is 0 Å². The predicted octanol–water partition coefficient (Wildman–Crippen LogP) is 3.27. The van der Waals surface area contributed by atoms with E-state index in [4.69, 9.17) is 0 Å². The van der Waals surface area contributed by atoms with Crippen molar-refractivity contribution in [2.75, 3.05) is 0 Å². The Morgan fingerprint density at radius 2 is 2.12 bits per heavy atom. The number of rotatable bonds is 2. The highest BCUT2D eigenvalue weighted by molar-refractivity contribution is 5.58. The molecule has 0 bridgehead atoms. The molecule has 3 rings (SSSR count). The zero-order valence-corrected chi connectivity index (χ0v) is 9.45. The van der Waals surface area contributed by atoms with Crippen molar-refractivity contribution in [2.24, 2.45) is 0 Å². The maximum absolute atomic E-state index is 11.2. The quantitative estimate of drug-likeness (QED) is 0.563. The lowest BCUT2D eigenvalue weighted by molar-refractivity contribution is -0.386. The Hall–Kier alpha value is -1.38. The van der Waals surface area contributed by atoms with E-state index >= 15 is 0 Å². The van der Waals surface area contributed by atoms with E-state index in [0.717, 1.165) is 30.4 Å². The van der Waals surface area contributed by atoms with Crippen molar-refractivity contribution in [3.05, 3.63) is 38.4 Å². The summed E-state index contributed by atoms with van der Waals surface area (Å²) in [6, 6.07) is 2.24. The topological polar surface area (TPSA) is 43.1 Å². The second-order valence-corrected chi connectivity index (χ2v) is 4.96. The van der Waals surface area contributed by atoms with Crippen molar-refractivity contribution in [1.82, 2.24) is 0 Å². The summed E-state index contributed by atoms with van der Waals surface area (Å²) in [5.74, 6) is 0.601. The van der Waals surface area contributed by atoms with Gasteiger partial charge < -0.3 is 0 Å². The van der Waals surface area contributed by atoms with E-state index < -0.39 is 0 Å². The van der Waals surface area contributed by atoms with Gasteiger partial charge in [0, 0.05) is 11.1 Å². The average molecular weight is 217 g/mol. The van der Waals surface area contributed by atoms with Crippen LogP contribution in [0.4, 0.5) is 5.69 Å². The molecule has 0 radical (unpaired) electrons. The molecule has 0 unspecified atom stereocenters. The van der Waals surface area contributed by atoms with Crippen LogP contribution in [0.2, 0.25) is 0 Å². The summed E-state index contributed by atoms with van der Waals surface area (Å²) in [6.45, 7) is 1.92. The maximum atomic E-state index is 11.2. The van der Waals surface area contributed by atoms with Crippen LogP contribution in [0.3, 0.4) is 0 Å². The number of nitrogens with zero attached hydrogens (tertiary/aromatic N) is 1. The molecule has 1 aromatic carbocycles. The van der Waals surface area contributed by atoms with Gasteiger partial charge in [-0.3, -0.25) is 10.1 Å². The molecule has 0 N–H and O–H groups in total. The third-order valence-corrected chi connectivity index (χ3v) is 3.86. The van der Waals surface area contributed by atoms with Crippen LogP contribution >= 0.6 is 0 Å². The van der Waals surface area contributed by atoms with Crippen LogP contribution in [-0.4, -0.2) is 4.92 Å². The normalized spacial score (nSPS) is 18.6. The standard InChI is InChI=1S/C13H15NO2/c1-8-12(9-5-6-9)7-10-3-2-4-11(10)13(8)14(15)16/h7,9H,2-6H2,1H3. The molecule has 1 aromatic rings. The number of aryl methyl sites for hydroxylation is 1. The van der Waals surface area contributed by atoms with E-state index in [1.54, 1.807) is 0 Å². The predicted molar refractivity (Wildman–Crippen MR) is 61.8 cm³/mol. The van der Waals surface area contributed by atoms with Crippen LogP contribution in [0, 0.1) is 17.0 Å². The first-order chi connectivity index (χ1) is 7.68. The van der Waals surface area contributed by atoms with Gasteiger partial charge in [0.25, 0.3) is 5.69 Å². The summed E-state index contributed by atoms with van der Waals surface area (Å²) in [7, 11) is 0.